The second-order valence-electron chi connectivity index (χ2n) is 3.74. The van der Waals surface area contributed by atoms with Crippen LogP contribution >= 0.6 is 22.7 Å². The molecule has 0 fully saturated rings. The second kappa shape index (κ2) is 5.79. The van der Waals surface area contributed by atoms with Crippen molar-refractivity contribution in [2.45, 2.75) is 17.6 Å². The van der Waals surface area contributed by atoms with Crippen LogP contribution in [-0.4, -0.2) is 19.9 Å². The normalized spacial score (nSPS) is 11.4. The van der Waals surface area contributed by atoms with E-state index in [1.54, 1.807) is 11.3 Å². The Hall–Kier alpha value is -1.27. The first-order chi connectivity index (χ1) is 9.01. The van der Waals surface area contributed by atoms with Gasteiger partial charge in [-0.1, -0.05) is 0 Å². The van der Waals surface area contributed by atoms with Crippen molar-refractivity contribution in [1.82, 2.24) is 9.71 Å². The number of nitrogens with one attached hydrogen (secondary N) is 1. The van der Waals surface area contributed by atoms with E-state index >= 15 is 0 Å². The molecule has 0 aliphatic rings. The molecule has 0 atom stereocenters. The Morgan fingerprint density at radius 1 is 1.47 bits per heavy atom. The van der Waals surface area contributed by atoms with Gasteiger partial charge in [0.15, 0.2) is 0 Å². The Kier molecular flexibility index (Phi) is 4.31. The Labute approximate surface area is 119 Å². The molecule has 2 aromatic heterocycles. The number of sulfonamides is 1. The maximum Gasteiger partial charge on any atom is 0.250 e. The van der Waals surface area contributed by atoms with Gasteiger partial charge in [-0.25, -0.2) is 18.1 Å². The number of aromatic nitrogens is 1. The Balaban J connectivity index is 1.96. The molecule has 0 unspecified atom stereocenters. The van der Waals surface area contributed by atoms with Crippen LogP contribution in [0.15, 0.2) is 21.7 Å². The molecule has 100 valence electrons. The van der Waals surface area contributed by atoms with Gasteiger partial charge in [-0.05, 0) is 19.1 Å². The summed E-state index contributed by atoms with van der Waals surface area (Å²) in [5, 5.41) is 11.6. The molecule has 5 nitrogen and oxygen atoms in total. The van der Waals surface area contributed by atoms with Crippen molar-refractivity contribution in [1.29, 1.82) is 5.26 Å². The summed E-state index contributed by atoms with van der Waals surface area (Å²) in [5.74, 6) is 0. The van der Waals surface area contributed by atoms with Crippen molar-refractivity contribution in [2.75, 3.05) is 6.54 Å². The lowest BCUT2D eigenvalue weighted by Gasteiger charge is -2.02. The molecular weight excluding hydrogens is 302 g/mol. The average molecular weight is 313 g/mol. The van der Waals surface area contributed by atoms with Crippen LogP contribution in [0.3, 0.4) is 0 Å². The average Bonchev–Trinajstić information content (AvgIpc) is 2.98. The van der Waals surface area contributed by atoms with Crippen LogP contribution in [0.1, 0.15) is 15.6 Å². The lowest BCUT2D eigenvalue weighted by Crippen LogP contribution is -2.25. The minimum atomic E-state index is -3.52. The summed E-state index contributed by atoms with van der Waals surface area (Å²) < 4.78 is 26.5. The van der Waals surface area contributed by atoms with Crippen molar-refractivity contribution in [3.8, 4) is 6.07 Å². The van der Waals surface area contributed by atoms with Gasteiger partial charge < -0.3 is 0 Å². The summed E-state index contributed by atoms with van der Waals surface area (Å²) in [7, 11) is -3.52. The molecule has 0 amide bonds. The molecule has 2 heterocycles. The van der Waals surface area contributed by atoms with Crippen LogP contribution in [0.2, 0.25) is 0 Å². The molecule has 2 aromatic rings. The molecule has 19 heavy (non-hydrogen) atoms. The van der Waals surface area contributed by atoms with Gasteiger partial charge in [-0.3, -0.25) is 0 Å². The highest BCUT2D eigenvalue weighted by molar-refractivity contribution is 7.91. The minimum Gasteiger partial charge on any atom is -0.247 e. The zero-order valence-corrected chi connectivity index (χ0v) is 12.5. The van der Waals surface area contributed by atoms with Crippen LogP contribution in [0, 0.1) is 18.3 Å². The van der Waals surface area contributed by atoms with Gasteiger partial charge in [0.2, 0.25) is 10.0 Å². The SMILES string of the molecule is Cc1nc(CCNS(=O)(=O)c2ccc(C#N)s2)cs1. The molecular formula is C11H11N3O2S3. The van der Waals surface area contributed by atoms with Crippen molar-refractivity contribution in [2.24, 2.45) is 0 Å². The first-order valence-corrected chi connectivity index (χ1v) is 8.60. The lowest BCUT2D eigenvalue weighted by atomic mass is 10.3. The summed E-state index contributed by atoms with van der Waals surface area (Å²) in [6.07, 6.45) is 0.556. The third-order valence-electron chi connectivity index (χ3n) is 2.30. The summed E-state index contributed by atoms with van der Waals surface area (Å²) in [6.45, 7) is 2.21. The van der Waals surface area contributed by atoms with Crippen LogP contribution in [0.5, 0.6) is 0 Å². The predicted molar refractivity (Wildman–Crippen MR) is 74.8 cm³/mol. The molecule has 0 bridgehead atoms. The number of thiophene rings is 1. The van der Waals surface area contributed by atoms with E-state index in [1.807, 2.05) is 18.4 Å². The van der Waals surface area contributed by atoms with Gasteiger partial charge in [-0.2, -0.15) is 5.26 Å². The number of thiazole rings is 1. The molecule has 0 aliphatic carbocycles. The summed E-state index contributed by atoms with van der Waals surface area (Å²) in [5.41, 5.74) is 0.883. The van der Waals surface area contributed by atoms with Crippen LogP contribution in [0.4, 0.5) is 0 Å². The Morgan fingerprint density at radius 2 is 2.26 bits per heavy atom. The topological polar surface area (TPSA) is 82.8 Å². The largest absolute Gasteiger partial charge is 0.250 e. The molecule has 0 spiro atoms. The zero-order valence-electron chi connectivity index (χ0n) is 10.1. The fraction of sp³-hybridized carbons (Fsp3) is 0.273. The fourth-order valence-corrected chi connectivity index (χ4v) is 4.26. The van der Waals surface area contributed by atoms with E-state index in [0.29, 0.717) is 17.8 Å². The number of nitrogens with zero attached hydrogens (tertiary/aromatic N) is 2. The highest BCUT2D eigenvalue weighted by Crippen LogP contribution is 2.20. The van der Waals surface area contributed by atoms with Gasteiger partial charge in [0.05, 0.1) is 10.7 Å². The summed E-state index contributed by atoms with van der Waals surface area (Å²) >= 11 is 2.51. The molecule has 2 rings (SSSR count). The molecule has 8 heteroatoms. The van der Waals surface area contributed by atoms with E-state index in [0.717, 1.165) is 22.0 Å². The third kappa shape index (κ3) is 3.61. The molecule has 0 saturated carbocycles. The highest BCUT2D eigenvalue weighted by atomic mass is 32.2. The molecule has 0 radical (unpaired) electrons. The predicted octanol–water partition coefficient (Wildman–Crippen LogP) is 1.91. The van der Waals surface area contributed by atoms with E-state index < -0.39 is 10.0 Å². The van der Waals surface area contributed by atoms with E-state index in [-0.39, 0.29) is 4.21 Å². The standard InChI is InChI=1S/C11H11N3O2S3/c1-8-14-9(7-17-8)4-5-13-19(15,16)11-3-2-10(6-12)18-11/h2-3,7,13H,4-5H2,1H3. The number of aryl methyl sites for hydroxylation is 1. The zero-order chi connectivity index (χ0) is 13.9. The first kappa shape index (κ1) is 14.1. The van der Waals surface area contributed by atoms with Crippen LogP contribution in [0.25, 0.3) is 0 Å². The van der Waals surface area contributed by atoms with Crippen molar-refractivity contribution < 1.29 is 8.42 Å². The second-order valence-corrected chi connectivity index (χ2v) is 7.88. The first-order valence-electron chi connectivity index (χ1n) is 5.42. The Bertz CT molecular complexity index is 710. The maximum atomic E-state index is 11.9. The fourth-order valence-electron chi connectivity index (χ4n) is 1.43. The number of rotatable bonds is 5. The molecule has 0 saturated heterocycles. The Morgan fingerprint density at radius 3 is 2.84 bits per heavy atom. The maximum absolute atomic E-state index is 11.9. The quantitative estimate of drug-likeness (QED) is 0.914. The molecule has 0 aromatic carbocycles. The van der Waals surface area contributed by atoms with Crippen LogP contribution < -0.4 is 4.72 Å². The highest BCUT2D eigenvalue weighted by Gasteiger charge is 2.16. The lowest BCUT2D eigenvalue weighted by molar-refractivity contribution is 0.583. The van der Waals surface area contributed by atoms with E-state index in [1.165, 1.54) is 12.1 Å². The van der Waals surface area contributed by atoms with Crippen molar-refractivity contribution in [3.63, 3.8) is 0 Å². The smallest absolute Gasteiger partial charge is 0.247 e. The van der Waals surface area contributed by atoms with Crippen molar-refractivity contribution >= 4 is 32.7 Å². The van der Waals surface area contributed by atoms with Crippen LogP contribution in [-0.2, 0) is 16.4 Å². The van der Waals surface area contributed by atoms with Gasteiger partial charge in [0, 0.05) is 18.3 Å². The van der Waals surface area contributed by atoms with Crippen molar-refractivity contribution in [3.05, 3.63) is 33.1 Å². The third-order valence-corrected chi connectivity index (χ3v) is 6.06. The molecule has 1 N–H and O–H groups in total. The molecule has 0 aliphatic heterocycles. The number of hydrogen-bond acceptors (Lipinski definition) is 6. The monoisotopic (exact) mass is 313 g/mol. The van der Waals surface area contributed by atoms with Gasteiger partial charge in [0.25, 0.3) is 0 Å². The summed E-state index contributed by atoms with van der Waals surface area (Å²) in [4.78, 5) is 4.65. The number of hydrogen-bond donors (Lipinski definition) is 1. The van der Waals surface area contributed by atoms with Gasteiger partial charge in [0.1, 0.15) is 15.2 Å². The van der Waals surface area contributed by atoms with Gasteiger partial charge in [-0.15, -0.1) is 22.7 Å². The summed E-state index contributed by atoms with van der Waals surface area (Å²) in [6, 6.07) is 4.87. The van der Waals surface area contributed by atoms with E-state index in [2.05, 4.69) is 9.71 Å². The number of nitriles is 1. The minimum absolute atomic E-state index is 0.165. The van der Waals surface area contributed by atoms with E-state index in [4.69, 9.17) is 5.26 Å². The van der Waals surface area contributed by atoms with E-state index in [9.17, 15) is 8.42 Å². The van der Waals surface area contributed by atoms with Gasteiger partial charge >= 0.3 is 0 Å².